The lowest BCUT2D eigenvalue weighted by Crippen LogP contribution is -2.23. The van der Waals surface area contributed by atoms with Gasteiger partial charge in [-0.3, -0.25) is 0 Å². The van der Waals surface area contributed by atoms with Crippen molar-refractivity contribution in [2.45, 2.75) is 20.8 Å². The molecule has 96 valence electrons. The van der Waals surface area contributed by atoms with Crippen molar-refractivity contribution in [3.05, 3.63) is 11.9 Å². The Labute approximate surface area is 103 Å². The second kappa shape index (κ2) is 7.06. The van der Waals surface area contributed by atoms with Crippen LogP contribution in [0.4, 0.5) is 5.82 Å². The van der Waals surface area contributed by atoms with E-state index >= 15 is 0 Å². The molecule has 1 unspecified atom stereocenters. The lowest BCUT2D eigenvalue weighted by atomic mass is 10.2. The number of hydrogen-bond acceptors (Lipinski definition) is 5. The van der Waals surface area contributed by atoms with Gasteiger partial charge in [0.15, 0.2) is 0 Å². The minimum absolute atomic E-state index is 0.547. The molecule has 0 bridgehead atoms. The van der Waals surface area contributed by atoms with Crippen molar-refractivity contribution in [3.63, 3.8) is 0 Å². The Hall–Kier alpha value is -1.36. The van der Waals surface area contributed by atoms with Gasteiger partial charge in [0.25, 0.3) is 0 Å². The quantitative estimate of drug-likeness (QED) is 0.753. The summed E-state index contributed by atoms with van der Waals surface area (Å²) in [5.41, 5.74) is 0. The van der Waals surface area contributed by atoms with Gasteiger partial charge in [-0.25, -0.2) is 4.98 Å². The predicted molar refractivity (Wildman–Crippen MR) is 69.5 cm³/mol. The number of anilines is 1. The van der Waals surface area contributed by atoms with Crippen LogP contribution < -0.4 is 15.4 Å². The maximum Gasteiger partial charge on any atom is 0.218 e. The zero-order valence-corrected chi connectivity index (χ0v) is 11.1. The Morgan fingerprint density at radius 3 is 2.76 bits per heavy atom. The standard InChI is InChI=1S/C12H22N4O/c1-5-17-12-6-11(15-10(3)16-12)14-8-9(2)7-13-4/h6,9,13H,5,7-8H2,1-4H3,(H,14,15,16). The third kappa shape index (κ3) is 4.99. The highest BCUT2D eigenvalue weighted by Gasteiger charge is 2.04. The second-order valence-electron chi connectivity index (χ2n) is 4.12. The molecule has 1 aromatic heterocycles. The molecule has 1 aromatic rings. The molecule has 0 aliphatic rings. The van der Waals surface area contributed by atoms with Gasteiger partial charge in [-0.05, 0) is 33.4 Å². The molecule has 2 N–H and O–H groups in total. The molecule has 1 atom stereocenters. The number of nitrogens with one attached hydrogen (secondary N) is 2. The Morgan fingerprint density at radius 1 is 1.35 bits per heavy atom. The zero-order chi connectivity index (χ0) is 12.7. The molecule has 0 fully saturated rings. The summed E-state index contributed by atoms with van der Waals surface area (Å²) < 4.78 is 5.38. The minimum atomic E-state index is 0.547. The fourth-order valence-corrected chi connectivity index (χ4v) is 1.55. The average molecular weight is 238 g/mol. The molecule has 0 aliphatic heterocycles. The molecule has 0 saturated carbocycles. The summed E-state index contributed by atoms with van der Waals surface area (Å²) in [5.74, 6) is 2.72. The Balaban J connectivity index is 2.57. The number of ether oxygens (including phenoxy) is 1. The maximum absolute atomic E-state index is 5.38. The molecule has 0 amide bonds. The Bertz CT molecular complexity index is 343. The number of aryl methyl sites for hydroxylation is 1. The van der Waals surface area contributed by atoms with Crippen molar-refractivity contribution >= 4 is 5.82 Å². The van der Waals surface area contributed by atoms with Gasteiger partial charge in [0.2, 0.25) is 5.88 Å². The topological polar surface area (TPSA) is 59.1 Å². The fraction of sp³-hybridized carbons (Fsp3) is 0.667. The van der Waals surface area contributed by atoms with Gasteiger partial charge >= 0.3 is 0 Å². The largest absolute Gasteiger partial charge is 0.478 e. The van der Waals surface area contributed by atoms with Gasteiger partial charge in [-0.1, -0.05) is 6.92 Å². The van der Waals surface area contributed by atoms with E-state index in [9.17, 15) is 0 Å². The van der Waals surface area contributed by atoms with Crippen molar-refractivity contribution < 1.29 is 4.74 Å². The predicted octanol–water partition coefficient (Wildman–Crippen LogP) is 1.45. The van der Waals surface area contributed by atoms with Crippen molar-refractivity contribution in [2.24, 2.45) is 5.92 Å². The van der Waals surface area contributed by atoms with E-state index < -0.39 is 0 Å². The first-order valence-corrected chi connectivity index (χ1v) is 6.02. The normalized spacial score (nSPS) is 12.2. The molecular weight excluding hydrogens is 216 g/mol. The summed E-state index contributed by atoms with van der Waals surface area (Å²) in [6, 6.07) is 1.84. The van der Waals surface area contributed by atoms with Crippen molar-refractivity contribution in [3.8, 4) is 5.88 Å². The first kappa shape index (κ1) is 13.7. The lowest BCUT2D eigenvalue weighted by molar-refractivity contribution is 0.325. The molecular formula is C12H22N4O. The minimum Gasteiger partial charge on any atom is -0.478 e. The van der Waals surface area contributed by atoms with Gasteiger partial charge in [0, 0.05) is 12.6 Å². The highest BCUT2D eigenvalue weighted by atomic mass is 16.5. The number of aromatic nitrogens is 2. The van der Waals surface area contributed by atoms with Gasteiger partial charge in [0.1, 0.15) is 11.6 Å². The van der Waals surface area contributed by atoms with Crippen LogP contribution in [0.25, 0.3) is 0 Å². The first-order valence-electron chi connectivity index (χ1n) is 6.02. The van der Waals surface area contributed by atoms with Crippen LogP contribution in [0.3, 0.4) is 0 Å². The summed E-state index contributed by atoms with van der Waals surface area (Å²) in [5, 5.41) is 6.45. The summed E-state index contributed by atoms with van der Waals surface area (Å²) in [6.45, 7) is 8.47. The van der Waals surface area contributed by atoms with E-state index in [-0.39, 0.29) is 0 Å². The van der Waals surface area contributed by atoms with Crippen LogP contribution in [0.1, 0.15) is 19.7 Å². The molecule has 0 aromatic carbocycles. The summed E-state index contributed by atoms with van der Waals surface area (Å²) >= 11 is 0. The molecule has 0 spiro atoms. The van der Waals surface area contributed by atoms with Crippen LogP contribution in [0, 0.1) is 12.8 Å². The summed E-state index contributed by atoms with van der Waals surface area (Å²) in [6.07, 6.45) is 0. The van der Waals surface area contributed by atoms with E-state index in [0.717, 1.165) is 24.7 Å². The van der Waals surface area contributed by atoms with Gasteiger partial charge in [-0.15, -0.1) is 0 Å². The van der Waals surface area contributed by atoms with E-state index in [1.807, 2.05) is 27.0 Å². The fourth-order valence-electron chi connectivity index (χ4n) is 1.55. The second-order valence-corrected chi connectivity index (χ2v) is 4.12. The number of nitrogens with zero attached hydrogens (tertiary/aromatic N) is 2. The van der Waals surface area contributed by atoms with E-state index in [1.165, 1.54) is 0 Å². The Morgan fingerprint density at radius 2 is 2.12 bits per heavy atom. The summed E-state index contributed by atoms with van der Waals surface area (Å²) in [4.78, 5) is 8.53. The maximum atomic E-state index is 5.38. The van der Waals surface area contributed by atoms with Gasteiger partial charge in [0.05, 0.1) is 6.61 Å². The van der Waals surface area contributed by atoms with Crippen LogP contribution in [-0.4, -0.2) is 36.7 Å². The van der Waals surface area contributed by atoms with Crippen LogP contribution >= 0.6 is 0 Å². The highest BCUT2D eigenvalue weighted by Crippen LogP contribution is 2.13. The van der Waals surface area contributed by atoms with Gasteiger partial charge < -0.3 is 15.4 Å². The molecule has 1 heterocycles. The average Bonchev–Trinajstić information content (AvgIpc) is 2.26. The SMILES string of the molecule is CCOc1cc(NCC(C)CNC)nc(C)n1. The van der Waals surface area contributed by atoms with E-state index in [2.05, 4.69) is 27.5 Å². The first-order chi connectivity index (χ1) is 8.15. The third-order valence-electron chi connectivity index (χ3n) is 2.29. The molecule has 0 radical (unpaired) electrons. The Kier molecular flexibility index (Phi) is 5.69. The van der Waals surface area contributed by atoms with Crippen LogP contribution in [0.15, 0.2) is 6.07 Å². The molecule has 5 nitrogen and oxygen atoms in total. The van der Waals surface area contributed by atoms with Crippen molar-refractivity contribution in [1.82, 2.24) is 15.3 Å². The lowest BCUT2D eigenvalue weighted by Gasteiger charge is -2.13. The monoisotopic (exact) mass is 238 g/mol. The molecule has 0 saturated heterocycles. The van der Waals surface area contributed by atoms with Crippen LogP contribution in [-0.2, 0) is 0 Å². The molecule has 17 heavy (non-hydrogen) atoms. The third-order valence-corrected chi connectivity index (χ3v) is 2.29. The molecule has 5 heteroatoms. The molecule has 0 aliphatic carbocycles. The van der Waals surface area contributed by atoms with E-state index in [1.54, 1.807) is 0 Å². The number of rotatable bonds is 7. The van der Waals surface area contributed by atoms with Crippen molar-refractivity contribution in [2.75, 3.05) is 32.1 Å². The smallest absolute Gasteiger partial charge is 0.218 e. The highest BCUT2D eigenvalue weighted by molar-refractivity contribution is 5.38. The molecule has 1 rings (SSSR count). The van der Waals surface area contributed by atoms with E-state index in [0.29, 0.717) is 18.4 Å². The van der Waals surface area contributed by atoms with Crippen LogP contribution in [0.2, 0.25) is 0 Å². The zero-order valence-electron chi connectivity index (χ0n) is 11.1. The summed E-state index contributed by atoms with van der Waals surface area (Å²) in [7, 11) is 1.96. The van der Waals surface area contributed by atoms with Gasteiger partial charge in [-0.2, -0.15) is 4.98 Å². The van der Waals surface area contributed by atoms with Crippen molar-refractivity contribution in [1.29, 1.82) is 0 Å². The van der Waals surface area contributed by atoms with Crippen LogP contribution in [0.5, 0.6) is 5.88 Å². The number of hydrogen-bond donors (Lipinski definition) is 2. The van der Waals surface area contributed by atoms with E-state index in [4.69, 9.17) is 4.74 Å².